The van der Waals surface area contributed by atoms with E-state index in [0.717, 1.165) is 26.1 Å². The van der Waals surface area contributed by atoms with Crippen molar-refractivity contribution in [1.82, 2.24) is 4.90 Å². The number of Topliss-reactive ketones (excluding diaryl/α,β-unsaturated/α-hetero) is 1. The molecule has 1 saturated heterocycles. The molecule has 1 rings (SSSR count). The minimum absolute atomic E-state index is 0.391. The Morgan fingerprint density at radius 3 is 2.64 bits per heavy atom. The first-order valence-corrected chi connectivity index (χ1v) is 4.00. The standard InChI is InChI=1S/C9H13NO/c1-2-3-6-10-7-4-9(11)5-8-10/h1H,3-8H2. The first-order chi connectivity index (χ1) is 5.33. The maximum atomic E-state index is 10.8. The molecule has 0 aromatic rings. The lowest BCUT2D eigenvalue weighted by atomic mass is 10.1. The second-order valence-electron chi connectivity index (χ2n) is 2.83. The number of piperidine rings is 1. The molecule has 11 heavy (non-hydrogen) atoms. The zero-order valence-corrected chi connectivity index (χ0v) is 6.68. The Bertz CT molecular complexity index is 170. The summed E-state index contributed by atoms with van der Waals surface area (Å²) >= 11 is 0. The second kappa shape index (κ2) is 4.15. The van der Waals surface area contributed by atoms with Crippen molar-refractivity contribution in [2.45, 2.75) is 19.3 Å². The maximum Gasteiger partial charge on any atom is 0.135 e. The van der Waals surface area contributed by atoms with Crippen molar-refractivity contribution < 1.29 is 4.79 Å². The summed E-state index contributed by atoms with van der Waals surface area (Å²) in [4.78, 5) is 13.1. The monoisotopic (exact) mass is 151 g/mol. The molecule has 0 spiro atoms. The van der Waals surface area contributed by atoms with E-state index in [1.54, 1.807) is 0 Å². The van der Waals surface area contributed by atoms with Crippen LogP contribution in [0.4, 0.5) is 0 Å². The number of hydrogen-bond acceptors (Lipinski definition) is 2. The number of terminal acetylenes is 1. The van der Waals surface area contributed by atoms with Gasteiger partial charge in [-0.1, -0.05) is 0 Å². The molecule has 1 heterocycles. The van der Waals surface area contributed by atoms with Crippen LogP contribution < -0.4 is 0 Å². The van der Waals surface area contributed by atoms with Gasteiger partial charge in [0.2, 0.25) is 0 Å². The van der Waals surface area contributed by atoms with Crippen LogP contribution in [0.3, 0.4) is 0 Å². The molecule has 0 aromatic carbocycles. The van der Waals surface area contributed by atoms with Gasteiger partial charge in [-0.05, 0) is 0 Å². The number of likely N-dealkylation sites (tertiary alicyclic amines) is 1. The molecule has 0 aromatic heterocycles. The van der Waals surface area contributed by atoms with E-state index >= 15 is 0 Å². The zero-order valence-electron chi connectivity index (χ0n) is 6.68. The van der Waals surface area contributed by atoms with Gasteiger partial charge >= 0.3 is 0 Å². The quantitative estimate of drug-likeness (QED) is 0.541. The highest BCUT2D eigenvalue weighted by molar-refractivity contribution is 5.79. The van der Waals surface area contributed by atoms with E-state index in [9.17, 15) is 4.79 Å². The van der Waals surface area contributed by atoms with Crippen molar-refractivity contribution in [3.8, 4) is 12.3 Å². The van der Waals surface area contributed by atoms with Crippen LogP contribution >= 0.6 is 0 Å². The molecule has 0 N–H and O–H groups in total. The van der Waals surface area contributed by atoms with Crippen molar-refractivity contribution in [2.75, 3.05) is 19.6 Å². The molecule has 0 atom stereocenters. The molecule has 0 unspecified atom stereocenters. The van der Waals surface area contributed by atoms with Gasteiger partial charge in [-0.3, -0.25) is 4.79 Å². The highest BCUT2D eigenvalue weighted by Gasteiger charge is 2.14. The van der Waals surface area contributed by atoms with Gasteiger partial charge in [0.25, 0.3) is 0 Å². The van der Waals surface area contributed by atoms with Gasteiger partial charge in [-0.15, -0.1) is 12.3 Å². The fourth-order valence-corrected chi connectivity index (χ4v) is 1.25. The van der Waals surface area contributed by atoms with E-state index < -0.39 is 0 Å². The first kappa shape index (κ1) is 8.29. The summed E-state index contributed by atoms with van der Waals surface area (Å²) in [6, 6.07) is 0. The Balaban J connectivity index is 2.18. The molecular weight excluding hydrogens is 138 g/mol. The summed E-state index contributed by atoms with van der Waals surface area (Å²) in [6.07, 6.45) is 7.35. The van der Waals surface area contributed by atoms with Gasteiger partial charge in [0.1, 0.15) is 5.78 Å². The summed E-state index contributed by atoms with van der Waals surface area (Å²) in [6.45, 7) is 2.75. The smallest absolute Gasteiger partial charge is 0.135 e. The lowest BCUT2D eigenvalue weighted by Crippen LogP contribution is -2.34. The van der Waals surface area contributed by atoms with Crippen LogP contribution in [0.1, 0.15) is 19.3 Å². The Hall–Kier alpha value is -0.810. The number of hydrogen-bond donors (Lipinski definition) is 0. The predicted molar refractivity (Wildman–Crippen MR) is 44.1 cm³/mol. The van der Waals surface area contributed by atoms with Gasteiger partial charge in [0, 0.05) is 38.9 Å². The molecule has 0 saturated carbocycles. The summed E-state index contributed by atoms with van der Waals surface area (Å²) in [5.74, 6) is 2.99. The number of carbonyl (C=O) groups excluding carboxylic acids is 1. The number of carbonyl (C=O) groups is 1. The molecule has 0 bridgehead atoms. The van der Waals surface area contributed by atoms with Crippen LogP contribution in [0.15, 0.2) is 0 Å². The third kappa shape index (κ3) is 2.73. The van der Waals surface area contributed by atoms with Crippen molar-refractivity contribution in [3.05, 3.63) is 0 Å². The molecule has 1 aliphatic rings. The van der Waals surface area contributed by atoms with Crippen LogP contribution in [0.25, 0.3) is 0 Å². The summed E-state index contributed by atoms with van der Waals surface area (Å²) < 4.78 is 0. The Morgan fingerprint density at radius 2 is 2.09 bits per heavy atom. The van der Waals surface area contributed by atoms with Crippen molar-refractivity contribution >= 4 is 5.78 Å². The molecule has 0 amide bonds. The van der Waals surface area contributed by atoms with Crippen LogP contribution in [-0.2, 0) is 4.79 Å². The van der Waals surface area contributed by atoms with Crippen molar-refractivity contribution in [3.63, 3.8) is 0 Å². The van der Waals surface area contributed by atoms with Crippen LogP contribution in [-0.4, -0.2) is 30.3 Å². The zero-order chi connectivity index (χ0) is 8.10. The van der Waals surface area contributed by atoms with Crippen LogP contribution in [0.5, 0.6) is 0 Å². The Kier molecular flexibility index (Phi) is 3.13. The fourth-order valence-electron chi connectivity index (χ4n) is 1.25. The van der Waals surface area contributed by atoms with Gasteiger partial charge < -0.3 is 4.90 Å². The topological polar surface area (TPSA) is 20.3 Å². The number of ketones is 1. The van der Waals surface area contributed by atoms with E-state index in [1.165, 1.54) is 0 Å². The Morgan fingerprint density at radius 1 is 1.45 bits per heavy atom. The van der Waals surface area contributed by atoms with Crippen molar-refractivity contribution in [2.24, 2.45) is 0 Å². The van der Waals surface area contributed by atoms with Gasteiger partial charge in [0.15, 0.2) is 0 Å². The average Bonchev–Trinajstić information content (AvgIpc) is 2.04. The first-order valence-electron chi connectivity index (χ1n) is 4.00. The maximum absolute atomic E-state index is 10.8. The fraction of sp³-hybridized carbons (Fsp3) is 0.667. The number of rotatable bonds is 2. The van der Waals surface area contributed by atoms with E-state index in [0.29, 0.717) is 18.6 Å². The SMILES string of the molecule is C#CCCN1CCC(=O)CC1. The van der Waals surface area contributed by atoms with Crippen LogP contribution in [0.2, 0.25) is 0 Å². The molecule has 0 radical (unpaired) electrons. The molecule has 1 aliphatic heterocycles. The van der Waals surface area contributed by atoms with Crippen LogP contribution in [0, 0.1) is 12.3 Å². The van der Waals surface area contributed by atoms with E-state index in [4.69, 9.17) is 6.42 Å². The highest BCUT2D eigenvalue weighted by atomic mass is 16.1. The summed E-state index contributed by atoms with van der Waals surface area (Å²) in [5.41, 5.74) is 0. The average molecular weight is 151 g/mol. The van der Waals surface area contributed by atoms with Gasteiger partial charge in [0.05, 0.1) is 0 Å². The molecule has 1 fully saturated rings. The largest absolute Gasteiger partial charge is 0.302 e. The molecular formula is C9H13NO. The van der Waals surface area contributed by atoms with E-state index in [2.05, 4.69) is 10.8 Å². The van der Waals surface area contributed by atoms with Gasteiger partial charge in [-0.25, -0.2) is 0 Å². The summed E-state index contributed by atoms with van der Waals surface area (Å²) in [5, 5.41) is 0. The van der Waals surface area contributed by atoms with E-state index in [1.807, 2.05) is 0 Å². The predicted octanol–water partition coefficient (Wildman–Crippen LogP) is 0.675. The lowest BCUT2D eigenvalue weighted by molar-refractivity contribution is -0.121. The molecule has 60 valence electrons. The third-order valence-corrected chi connectivity index (χ3v) is 1.99. The normalized spacial score (nSPS) is 19.7. The lowest BCUT2D eigenvalue weighted by Gasteiger charge is -2.24. The highest BCUT2D eigenvalue weighted by Crippen LogP contribution is 2.05. The summed E-state index contributed by atoms with van der Waals surface area (Å²) in [7, 11) is 0. The molecule has 2 nitrogen and oxygen atoms in total. The number of nitrogens with zero attached hydrogens (tertiary/aromatic N) is 1. The second-order valence-corrected chi connectivity index (χ2v) is 2.83. The molecule has 2 heteroatoms. The van der Waals surface area contributed by atoms with E-state index in [-0.39, 0.29) is 0 Å². The minimum Gasteiger partial charge on any atom is -0.302 e. The Labute approximate surface area is 67.6 Å². The minimum atomic E-state index is 0.391. The third-order valence-electron chi connectivity index (χ3n) is 1.99. The molecule has 0 aliphatic carbocycles. The van der Waals surface area contributed by atoms with Crippen molar-refractivity contribution in [1.29, 1.82) is 0 Å². The van der Waals surface area contributed by atoms with Gasteiger partial charge in [-0.2, -0.15) is 0 Å².